The molecule has 10 heteroatoms. The average molecular weight is 549 g/mol. The Morgan fingerprint density at radius 2 is 1.38 bits per heavy atom. The van der Waals surface area contributed by atoms with E-state index in [4.69, 9.17) is 0 Å². The molecule has 1 heterocycles. The lowest BCUT2D eigenvalue weighted by Crippen LogP contribution is -2.34. The molecule has 1 aliphatic heterocycles. The lowest BCUT2D eigenvalue weighted by Gasteiger charge is -2.35. The van der Waals surface area contributed by atoms with Gasteiger partial charge in [-0.15, -0.1) is 0 Å². The second-order valence-electron chi connectivity index (χ2n) is 9.35. The molecule has 0 radical (unpaired) electrons. The van der Waals surface area contributed by atoms with Crippen molar-refractivity contribution in [2.45, 2.75) is 35.0 Å². The van der Waals surface area contributed by atoms with E-state index in [9.17, 15) is 25.6 Å². The Bertz CT molecular complexity index is 1450. The largest absolute Gasteiger partial charge is 0.371 e. The maximum absolute atomic E-state index is 14.2. The Morgan fingerprint density at radius 1 is 0.811 bits per heavy atom. The zero-order valence-corrected chi connectivity index (χ0v) is 22.4. The van der Waals surface area contributed by atoms with E-state index in [2.05, 4.69) is 4.90 Å². The molecular formula is C27H30F2N2O4S2. The number of sulfonamides is 1. The molecule has 3 aromatic rings. The van der Waals surface area contributed by atoms with Gasteiger partial charge in [0.15, 0.2) is 9.84 Å². The van der Waals surface area contributed by atoms with Gasteiger partial charge < -0.3 is 4.90 Å². The molecule has 0 spiro atoms. The molecule has 0 amide bonds. The minimum atomic E-state index is -3.65. The van der Waals surface area contributed by atoms with Crippen LogP contribution in [-0.4, -0.2) is 54.1 Å². The first-order valence-electron chi connectivity index (χ1n) is 12.0. The van der Waals surface area contributed by atoms with Crippen molar-refractivity contribution in [3.05, 3.63) is 89.5 Å². The molecule has 0 N–H and O–H groups in total. The van der Waals surface area contributed by atoms with E-state index in [1.165, 1.54) is 56.6 Å². The summed E-state index contributed by atoms with van der Waals surface area (Å²) in [5.74, 6) is -1.38. The van der Waals surface area contributed by atoms with E-state index in [1.54, 1.807) is 0 Å². The quantitative estimate of drug-likeness (QED) is 0.411. The minimum absolute atomic E-state index is 0.0282. The van der Waals surface area contributed by atoms with Gasteiger partial charge in [-0.1, -0.05) is 24.3 Å². The van der Waals surface area contributed by atoms with Crippen molar-refractivity contribution in [1.82, 2.24) is 4.31 Å². The van der Waals surface area contributed by atoms with E-state index >= 15 is 0 Å². The number of benzene rings is 3. The van der Waals surface area contributed by atoms with Crippen LogP contribution < -0.4 is 4.90 Å². The summed E-state index contributed by atoms with van der Waals surface area (Å²) in [4.78, 5) is 2.23. The summed E-state index contributed by atoms with van der Waals surface area (Å²) in [6.45, 7) is 1.20. The highest BCUT2D eigenvalue weighted by Crippen LogP contribution is 2.34. The van der Waals surface area contributed by atoms with Gasteiger partial charge in [-0.25, -0.2) is 29.9 Å². The predicted molar refractivity (Wildman–Crippen MR) is 140 cm³/mol. The van der Waals surface area contributed by atoms with E-state index in [0.717, 1.165) is 15.6 Å². The van der Waals surface area contributed by atoms with Gasteiger partial charge in [-0.2, -0.15) is 0 Å². The molecule has 1 fully saturated rings. The summed E-state index contributed by atoms with van der Waals surface area (Å²) in [6.07, 6.45) is 1.46. The highest BCUT2D eigenvalue weighted by molar-refractivity contribution is 7.91. The maximum atomic E-state index is 14.2. The minimum Gasteiger partial charge on any atom is -0.371 e. The number of rotatable bonds is 8. The Kier molecular flexibility index (Phi) is 8.01. The third-order valence-corrected chi connectivity index (χ3v) is 10.4. The zero-order valence-electron chi connectivity index (χ0n) is 20.8. The van der Waals surface area contributed by atoms with Crippen molar-refractivity contribution < 1.29 is 25.6 Å². The molecule has 1 saturated heterocycles. The first-order valence-corrected chi connectivity index (χ1v) is 15.1. The van der Waals surface area contributed by atoms with Crippen LogP contribution in [0.3, 0.4) is 0 Å². The van der Waals surface area contributed by atoms with Gasteiger partial charge in [-0.05, 0) is 73.2 Å². The number of anilines is 1. The van der Waals surface area contributed by atoms with E-state index in [0.29, 0.717) is 25.9 Å². The molecule has 0 atom stereocenters. The molecule has 0 unspecified atom stereocenters. The molecule has 37 heavy (non-hydrogen) atoms. The van der Waals surface area contributed by atoms with Crippen LogP contribution in [0.25, 0.3) is 0 Å². The molecule has 1 aliphatic rings. The van der Waals surface area contributed by atoms with E-state index in [-0.39, 0.29) is 33.4 Å². The Balaban J connectivity index is 1.45. The summed E-state index contributed by atoms with van der Waals surface area (Å²) in [5, 5.41) is 0. The smallest absolute Gasteiger partial charge is 0.242 e. The van der Waals surface area contributed by atoms with Crippen LogP contribution in [0.2, 0.25) is 0 Å². The van der Waals surface area contributed by atoms with Crippen molar-refractivity contribution in [1.29, 1.82) is 0 Å². The van der Waals surface area contributed by atoms with Crippen LogP contribution in [0, 0.1) is 11.6 Å². The SMILES string of the molecule is CN(C)S(=O)(=O)c1ccc(S(=O)(=O)CCc2ccccc2N2CCC(c3c(F)cccc3F)CC2)cc1. The Hall–Kier alpha value is -2.82. The summed E-state index contributed by atoms with van der Waals surface area (Å²) in [6, 6.07) is 16.8. The highest BCUT2D eigenvalue weighted by Gasteiger charge is 2.27. The molecule has 0 aromatic heterocycles. The zero-order chi connectivity index (χ0) is 26.8. The Morgan fingerprint density at radius 3 is 1.97 bits per heavy atom. The lowest BCUT2D eigenvalue weighted by molar-refractivity contribution is 0.455. The van der Waals surface area contributed by atoms with Crippen LogP contribution in [0.15, 0.2) is 76.5 Å². The van der Waals surface area contributed by atoms with Crippen molar-refractivity contribution in [2.75, 3.05) is 37.8 Å². The molecular weight excluding hydrogens is 518 g/mol. The molecule has 198 valence electrons. The normalized spacial score (nSPS) is 15.3. The second-order valence-corrected chi connectivity index (χ2v) is 13.6. The monoisotopic (exact) mass is 548 g/mol. The fourth-order valence-corrected chi connectivity index (χ4v) is 6.91. The van der Waals surface area contributed by atoms with Gasteiger partial charge in [0.1, 0.15) is 11.6 Å². The number of hydrogen-bond donors (Lipinski definition) is 0. The molecule has 0 aliphatic carbocycles. The van der Waals surface area contributed by atoms with Gasteiger partial charge in [0.05, 0.1) is 15.5 Å². The third kappa shape index (κ3) is 5.86. The van der Waals surface area contributed by atoms with Crippen molar-refractivity contribution in [2.24, 2.45) is 0 Å². The molecule has 0 bridgehead atoms. The first-order chi connectivity index (χ1) is 17.5. The van der Waals surface area contributed by atoms with Gasteiger partial charge >= 0.3 is 0 Å². The molecule has 3 aromatic carbocycles. The number of sulfone groups is 1. The molecule has 6 nitrogen and oxygen atoms in total. The maximum Gasteiger partial charge on any atom is 0.242 e. The topological polar surface area (TPSA) is 74.8 Å². The van der Waals surface area contributed by atoms with Crippen molar-refractivity contribution >= 4 is 25.5 Å². The van der Waals surface area contributed by atoms with Crippen LogP contribution in [-0.2, 0) is 26.3 Å². The van der Waals surface area contributed by atoms with Crippen LogP contribution >= 0.6 is 0 Å². The van der Waals surface area contributed by atoms with Crippen molar-refractivity contribution in [3.63, 3.8) is 0 Å². The van der Waals surface area contributed by atoms with Crippen LogP contribution in [0.1, 0.15) is 29.9 Å². The van der Waals surface area contributed by atoms with Gasteiger partial charge in [-0.3, -0.25) is 0 Å². The molecule has 4 rings (SSSR count). The number of halogens is 2. The van der Waals surface area contributed by atoms with E-state index < -0.39 is 31.5 Å². The van der Waals surface area contributed by atoms with Crippen LogP contribution in [0.4, 0.5) is 14.5 Å². The number of aryl methyl sites for hydroxylation is 1. The summed E-state index contributed by atoms with van der Waals surface area (Å²) in [7, 11) is -4.47. The van der Waals surface area contributed by atoms with Gasteiger partial charge in [0.2, 0.25) is 10.0 Å². The summed E-state index contributed by atoms with van der Waals surface area (Å²) >= 11 is 0. The highest BCUT2D eigenvalue weighted by atomic mass is 32.2. The average Bonchev–Trinajstić information content (AvgIpc) is 2.88. The van der Waals surface area contributed by atoms with Gasteiger partial charge in [0, 0.05) is 38.4 Å². The standard InChI is InChI=1S/C27H30F2N2O4S2/c1-30(2)37(34,35)23-12-10-22(11-13-23)36(32,33)19-16-20-6-3-4-9-26(20)31-17-14-21(15-18-31)27-24(28)7-5-8-25(27)29/h3-13,21H,14-19H2,1-2H3. The summed E-state index contributed by atoms with van der Waals surface area (Å²) in [5.41, 5.74) is 1.93. The summed E-state index contributed by atoms with van der Waals surface area (Å²) < 4.78 is 80.1. The first kappa shape index (κ1) is 27.2. The van der Waals surface area contributed by atoms with Crippen molar-refractivity contribution in [3.8, 4) is 0 Å². The number of piperidine rings is 1. The van der Waals surface area contributed by atoms with Gasteiger partial charge in [0.25, 0.3) is 0 Å². The fraction of sp³-hybridized carbons (Fsp3) is 0.333. The van der Waals surface area contributed by atoms with Crippen LogP contribution in [0.5, 0.6) is 0 Å². The number of hydrogen-bond acceptors (Lipinski definition) is 5. The number of nitrogens with zero attached hydrogens (tertiary/aromatic N) is 2. The second kappa shape index (κ2) is 10.9. The fourth-order valence-electron chi connectivity index (χ4n) is 4.73. The molecule has 0 saturated carbocycles. The predicted octanol–water partition coefficient (Wildman–Crippen LogP) is 4.62. The Labute approximate surface area is 217 Å². The third-order valence-electron chi connectivity index (χ3n) is 6.84. The lowest BCUT2D eigenvalue weighted by atomic mass is 9.88. The number of para-hydroxylation sites is 1. The van der Waals surface area contributed by atoms with E-state index in [1.807, 2.05) is 24.3 Å².